The molecule has 0 bridgehead atoms. The van der Waals surface area contributed by atoms with Gasteiger partial charge < -0.3 is 4.90 Å². The lowest BCUT2D eigenvalue weighted by Gasteiger charge is -2.30. The molecule has 1 amide bonds. The van der Waals surface area contributed by atoms with Gasteiger partial charge >= 0.3 is 0 Å². The third-order valence-electron chi connectivity index (χ3n) is 3.90. The number of likely N-dealkylation sites (tertiary alicyclic amines) is 1. The van der Waals surface area contributed by atoms with E-state index in [1.54, 1.807) is 0 Å². The van der Waals surface area contributed by atoms with Crippen LogP contribution in [0.3, 0.4) is 0 Å². The number of rotatable bonds is 1. The summed E-state index contributed by atoms with van der Waals surface area (Å²) in [6.45, 7) is 5.81. The van der Waals surface area contributed by atoms with E-state index in [2.05, 4.69) is 27.8 Å². The average Bonchev–Trinajstić information content (AvgIpc) is 2.73. The van der Waals surface area contributed by atoms with Crippen molar-refractivity contribution in [1.82, 2.24) is 14.3 Å². The van der Waals surface area contributed by atoms with Crippen molar-refractivity contribution in [1.29, 1.82) is 0 Å². The Bertz CT molecular complexity index is 664. The summed E-state index contributed by atoms with van der Waals surface area (Å²) in [6.07, 6.45) is 4.21. The number of piperidine rings is 1. The van der Waals surface area contributed by atoms with Crippen LogP contribution in [-0.2, 0) is 0 Å². The first-order valence-corrected chi connectivity index (χ1v) is 7.79. The number of fused-ring (bicyclic) bond motifs is 1. The van der Waals surface area contributed by atoms with Gasteiger partial charge in [-0.15, -0.1) is 0 Å². The van der Waals surface area contributed by atoms with Crippen LogP contribution in [0.4, 0.5) is 0 Å². The smallest absolute Gasteiger partial charge is 0.272 e. The van der Waals surface area contributed by atoms with Crippen molar-refractivity contribution in [2.24, 2.45) is 5.92 Å². The molecule has 2 aromatic heterocycles. The molecule has 1 saturated heterocycles. The number of pyridine rings is 1. The van der Waals surface area contributed by atoms with Gasteiger partial charge in [0.15, 0.2) is 0 Å². The minimum Gasteiger partial charge on any atom is -0.337 e. The maximum atomic E-state index is 12.8. The Kier molecular flexibility index (Phi) is 3.54. The molecule has 1 aliphatic rings. The van der Waals surface area contributed by atoms with E-state index in [-0.39, 0.29) is 5.91 Å². The van der Waals surface area contributed by atoms with E-state index < -0.39 is 0 Å². The molecule has 0 N–H and O–H groups in total. The van der Waals surface area contributed by atoms with E-state index in [0.717, 1.165) is 35.3 Å². The van der Waals surface area contributed by atoms with Gasteiger partial charge in [0.1, 0.15) is 11.3 Å². The van der Waals surface area contributed by atoms with E-state index in [9.17, 15) is 4.79 Å². The summed E-state index contributed by atoms with van der Waals surface area (Å²) in [5.74, 6) is 0.679. The van der Waals surface area contributed by atoms with Gasteiger partial charge in [0, 0.05) is 23.8 Å². The Balaban J connectivity index is 2.02. The second kappa shape index (κ2) is 5.20. The van der Waals surface area contributed by atoms with Crippen molar-refractivity contribution < 1.29 is 4.79 Å². The minimum atomic E-state index is 0.0969. The first-order chi connectivity index (χ1) is 9.56. The van der Waals surface area contributed by atoms with Crippen molar-refractivity contribution in [3.05, 3.63) is 34.2 Å². The van der Waals surface area contributed by atoms with E-state index >= 15 is 0 Å². The average molecular weight is 336 g/mol. The number of halogens is 1. The molecule has 1 fully saturated rings. The molecule has 0 aromatic carbocycles. The van der Waals surface area contributed by atoms with E-state index in [1.807, 2.05) is 34.6 Å². The fourth-order valence-electron chi connectivity index (χ4n) is 2.92. The topological polar surface area (TPSA) is 37.6 Å². The van der Waals surface area contributed by atoms with Gasteiger partial charge in [-0.25, -0.2) is 4.98 Å². The lowest BCUT2D eigenvalue weighted by atomic mass is 10.00. The van der Waals surface area contributed by atoms with Crippen LogP contribution in [0.5, 0.6) is 0 Å². The van der Waals surface area contributed by atoms with E-state index in [0.29, 0.717) is 11.6 Å². The molecular weight excluding hydrogens is 318 g/mol. The van der Waals surface area contributed by atoms with Crippen LogP contribution in [0.1, 0.15) is 35.9 Å². The molecule has 0 radical (unpaired) electrons. The minimum absolute atomic E-state index is 0.0969. The van der Waals surface area contributed by atoms with Gasteiger partial charge in [-0.3, -0.25) is 9.20 Å². The summed E-state index contributed by atoms with van der Waals surface area (Å²) >= 11 is 3.46. The van der Waals surface area contributed by atoms with Crippen molar-refractivity contribution in [3.8, 4) is 0 Å². The standard InChI is InChI=1S/C15H18BrN3O/c1-10-4-3-7-18(8-10)15(20)14-11(2)17-13-6-5-12(16)9-19(13)14/h5-6,9-10H,3-4,7-8H2,1-2H3. The van der Waals surface area contributed by atoms with Gasteiger partial charge in [0.05, 0.1) is 5.69 Å². The molecule has 1 unspecified atom stereocenters. The highest BCUT2D eigenvalue weighted by Gasteiger charge is 2.26. The van der Waals surface area contributed by atoms with E-state index in [4.69, 9.17) is 0 Å². The third-order valence-corrected chi connectivity index (χ3v) is 4.37. The quantitative estimate of drug-likeness (QED) is 0.802. The molecule has 1 atom stereocenters. The van der Waals surface area contributed by atoms with Crippen molar-refractivity contribution >= 4 is 27.5 Å². The highest BCUT2D eigenvalue weighted by Crippen LogP contribution is 2.21. The molecular formula is C15H18BrN3O. The number of aryl methyl sites for hydroxylation is 1. The van der Waals surface area contributed by atoms with Gasteiger partial charge in [0.2, 0.25) is 0 Å². The number of hydrogen-bond acceptors (Lipinski definition) is 2. The molecule has 4 nitrogen and oxygen atoms in total. The second-order valence-corrected chi connectivity index (χ2v) is 6.54. The normalized spacial score (nSPS) is 19.6. The van der Waals surface area contributed by atoms with Crippen LogP contribution in [0, 0.1) is 12.8 Å². The largest absolute Gasteiger partial charge is 0.337 e. The predicted octanol–water partition coefficient (Wildman–Crippen LogP) is 3.28. The Labute approximate surface area is 126 Å². The monoisotopic (exact) mass is 335 g/mol. The number of imidazole rings is 1. The van der Waals surface area contributed by atoms with Gasteiger partial charge in [-0.05, 0) is 53.7 Å². The molecule has 0 aliphatic carbocycles. The van der Waals surface area contributed by atoms with Crippen molar-refractivity contribution in [2.45, 2.75) is 26.7 Å². The first-order valence-electron chi connectivity index (χ1n) is 7.00. The zero-order valence-corrected chi connectivity index (χ0v) is 13.4. The zero-order chi connectivity index (χ0) is 14.3. The van der Waals surface area contributed by atoms with Crippen molar-refractivity contribution in [3.63, 3.8) is 0 Å². The molecule has 106 valence electrons. The van der Waals surface area contributed by atoms with Crippen LogP contribution < -0.4 is 0 Å². The Morgan fingerprint density at radius 1 is 1.45 bits per heavy atom. The summed E-state index contributed by atoms with van der Waals surface area (Å²) in [7, 11) is 0. The molecule has 1 aliphatic heterocycles. The SMILES string of the molecule is Cc1nc2ccc(Br)cn2c1C(=O)N1CCCC(C)C1. The summed E-state index contributed by atoms with van der Waals surface area (Å²) in [4.78, 5) is 19.2. The highest BCUT2D eigenvalue weighted by atomic mass is 79.9. The molecule has 3 rings (SSSR count). The maximum Gasteiger partial charge on any atom is 0.272 e. The van der Waals surface area contributed by atoms with E-state index in [1.165, 1.54) is 6.42 Å². The third kappa shape index (κ3) is 2.35. The van der Waals surface area contributed by atoms with Crippen molar-refractivity contribution in [2.75, 3.05) is 13.1 Å². The van der Waals surface area contributed by atoms with Crippen LogP contribution in [0.2, 0.25) is 0 Å². The van der Waals surface area contributed by atoms with Crippen LogP contribution in [0.15, 0.2) is 22.8 Å². The molecule has 20 heavy (non-hydrogen) atoms. The predicted molar refractivity (Wildman–Crippen MR) is 81.9 cm³/mol. The number of amides is 1. The highest BCUT2D eigenvalue weighted by molar-refractivity contribution is 9.10. The molecule has 3 heterocycles. The Morgan fingerprint density at radius 2 is 2.25 bits per heavy atom. The van der Waals surface area contributed by atoms with Crippen LogP contribution in [-0.4, -0.2) is 33.3 Å². The Hall–Kier alpha value is -1.36. The first kappa shape index (κ1) is 13.6. The maximum absolute atomic E-state index is 12.8. The number of aromatic nitrogens is 2. The number of carbonyl (C=O) groups excluding carboxylic acids is 1. The molecule has 0 spiro atoms. The molecule has 0 saturated carbocycles. The molecule has 5 heteroatoms. The fraction of sp³-hybridized carbons (Fsp3) is 0.467. The summed E-state index contributed by atoms with van der Waals surface area (Å²) in [6, 6.07) is 3.87. The fourth-order valence-corrected chi connectivity index (χ4v) is 3.25. The lowest BCUT2D eigenvalue weighted by molar-refractivity contribution is 0.0675. The van der Waals surface area contributed by atoms with Crippen LogP contribution >= 0.6 is 15.9 Å². The number of nitrogens with zero attached hydrogens (tertiary/aromatic N) is 3. The number of hydrogen-bond donors (Lipinski definition) is 0. The zero-order valence-electron chi connectivity index (χ0n) is 11.8. The molecule has 2 aromatic rings. The van der Waals surface area contributed by atoms with Crippen LogP contribution in [0.25, 0.3) is 5.65 Å². The van der Waals surface area contributed by atoms with Gasteiger partial charge in [-0.2, -0.15) is 0 Å². The summed E-state index contributed by atoms with van der Waals surface area (Å²) < 4.78 is 2.84. The van der Waals surface area contributed by atoms with Gasteiger partial charge in [0.25, 0.3) is 5.91 Å². The second-order valence-electron chi connectivity index (χ2n) is 5.62. The summed E-state index contributed by atoms with van der Waals surface area (Å²) in [5, 5.41) is 0. The van der Waals surface area contributed by atoms with Gasteiger partial charge in [-0.1, -0.05) is 6.92 Å². The number of carbonyl (C=O) groups is 1. The lowest BCUT2D eigenvalue weighted by Crippen LogP contribution is -2.39. The Morgan fingerprint density at radius 3 is 3.00 bits per heavy atom. The summed E-state index contributed by atoms with van der Waals surface area (Å²) in [5.41, 5.74) is 2.31.